The topological polar surface area (TPSA) is 57.6 Å². The summed E-state index contributed by atoms with van der Waals surface area (Å²) >= 11 is 0. The van der Waals surface area contributed by atoms with Crippen LogP contribution in [-0.4, -0.2) is 34.8 Å². The van der Waals surface area contributed by atoms with Crippen molar-refractivity contribution in [2.75, 3.05) is 13.1 Å². The molecule has 142 valence electrons. The number of phenolic OH excluding ortho intramolecular Hbond substituents is 1. The van der Waals surface area contributed by atoms with Crippen molar-refractivity contribution in [2.45, 2.75) is 39.5 Å². The summed E-state index contributed by atoms with van der Waals surface area (Å²) in [5.41, 5.74) is 4.34. The van der Waals surface area contributed by atoms with E-state index in [0.717, 1.165) is 6.42 Å². The summed E-state index contributed by atoms with van der Waals surface area (Å²) in [5.74, 6) is 0.400. The van der Waals surface area contributed by atoms with Crippen LogP contribution in [0, 0.1) is 19.8 Å². The van der Waals surface area contributed by atoms with Crippen LogP contribution in [0.5, 0.6) is 5.75 Å². The molecule has 0 aliphatic carbocycles. The van der Waals surface area contributed by atoms with Crippen molar-refractivity contribution in [1.82, 2.24) is 4.90 Å². The zero-order valence-corrected chi connectivity index (χ0v) is 16.1. The Morgan fingerprint density at radius 1 is 1.04 bits per heavy atom. The molecular weight excluding hydrogens is 338 g/mol. The van der Waals surface area contributed by atoms with Crippen molar-refractivity contribution in [3.05, 3.63) is 64.7 Å². The van der Waals surface area contributed by atoms with Crippen molar-refractivity contribution in [2.24, 2.45) is 5.92 Å². The van der Waals surface area contributed by atoms with Gasteiger partial charge in [0.25, 0.3) is 0 Å². The number of carbonyl (C=O) groups is 2. The monoisotopic (exact) mass is 365 g/mol. The first-order valence-electron chi connectivity index (χ1n) is 9.61. The van der Waals surface area contributed by atoms with Gasteiger partial charge in [0.2, 0.25) is 5.91 Å². The highest BCUT2D eigenvalue weighted by atomic mass is 16.3. The van der Waals surface area contributed by atoms with Crippen LogP contribution in [0.25, 0.3) is 0 Å². The number of hydrogen-bond acceptors (Lipinski definition) is 3. The average molecular weight is 365 g/mol. The molecule has 0 saturated carbocycles. The number of carbonyl (C=O) groups excluding carboxylic acids is 2. The summed E-state index contributed by atoms with van der Waals surface area (Å²) in [6.07, 6.45) is 2.68. The molecule has 0 aromatic heterocycles. The fourth-order valence-corrected chi connectivity index (χ4v) is 3.78. The summed E-state index contributed by atoms with van der Waals surface area (Å²) in [5, 5.41) is 9.35. The third-order valence-corrected chi connectivity index (χ3v) is 5.48. The zero-order valence-electron chi connectivity index (χ0n) is 16.1. The molecule has 2 aromatic carbocycles. The van der Waals surface area contributed by atoms with E-state index in [1.807, 2.05) is 4.90 Å². The van der Waals surface area contributed by atoms with Gasteiger partial charge in [-0.05, 0) is 68.5 Å². The smallest absolute Gasteiger partial charge is 0.222 e. The van der Waals surface area contributed by atoms with E-state index in [-0.39, 0.29) is 23.4 Å². The maximum Gasteiger partial charge on any atom is 0.222 e. The van der Waals surface area contributed by atoms with Gasteiger partial charge in [-0.3, -0.25) is 9.59 Å². The third-order valence-electron chi connectivity index (χ3n) is 5.48. The van der Waals surface area contributed by atoms with Gasteiger partial charge in [0.15, 0.2) is 5.78 Å². The first kappa shape index (κ1) is 19.2. The quantitative estimate of drug-likeness (QED) is 0.813. The Bertz CT molecular complexity index is 818. The SMILES string of the molecule is Cc1ccc(CCC(=O)N2CCC(C(=O)c3ccc(O)cc3)CC2)c(C)c1. The first-order valence-corrected chi connectivity index (χ1v) is 9.61. The van der Waals surface area contributed by atoms with Crippen LogP contribution in [-0.2, 0) is 11.2 Å². The second kappa shape index (κ2) is 8.38. The lowest BCUT2D eigenvalue weighted by Crippen LogP contribution is -2.40. The van der Waals surface area contributed by atoms with Gasteiger partial charge in [0.1, 0.15) is 5.75 Å². The van der Waals surface area contributed by atoms with Crippen LogP contribution in [0.15, 0.2) is 42.5 Å². The number of Topliss-reactive ketones (excluding diaryl/α,β-unsaturated/α-hetero) is 1. The number of benzene rings is 2. The number of likely N-dealkylation sites (tertiary alicyclic amines) is 1. The lowest BCUT2D eigenvalue weighted by molar-refractivity contribution is -0.132. The molecule has 4 heteroatoms. The first-order chi connectivity index (χ1) is 12.9. The highest BCUT2D eigenvalue weighted by molar-refractivity contribution is 5.98. The summed E-state index contributed by atoms with van der Waals surface area (Å²) in [6, 6.07) is 12.8. The van der Waals surface area contributed by atoms with E-state index in [2.05, 4.69) is 32.0 Å². The molecule has 1 aliphatic heterocycles. The highest BCUT2D eigenvalue weighted by Gasteiger charge is 2.27. The summed E-state index contributed by atoms with van der Waals surface area (Å²) in [7, 11) is 0. The Morgan fingerprint density at radius 2 is 1.70 bits per heavy atom. The highest BCUT2D eigenvalue weighted by Crippen LogP contribution is 2.23. The summed E-state index contributed by atoms with van der Waals surface area (Å²) in [4.78, 5) is 27.0. The van der Waals surface area contributed by atoms with Gasteiger partial charge in [-0.15, -0.1) is 0 Å². The molecule has 3 rings (SSSR count). The Hall–Kier alpha value is -2.62. The second-order valence-corrected chi connectivity index (χ2v) is 7.50. The minimum atomic E-state index is -0.0436. The molecule has 2 aromatic rings. The fraction of sp³-hybridized carbons (Fsp3) is 0.391. The number of hydrogen-bond donors (Lipinski definition) is 1. The molecule has 27 heavy (non-hydrogen) atoms. The molecule has 1 aliphatic rings. The van der Waals surface area contributed by atoms with E-state index in [1.165, 1.54) is 16.7 Å². The lowest BCUT2D eigenvalue weighted by atomic mass is 9.88. The van der Waals surface area contributed by atoms with E-state index in [9.17, 15) is 14.7 Å². The molecule has 1 fully saturated rings. The van der Waals surface area contributed by atoms with Crippen molar-refractivity contribution in [3.8, 4) is 5.75 Å². The standard InChI is InChI=1S/C23H27NO3/c1-16-3-4-18(17(2)15-16)7-10-22(26)24-13-11-20(12-14-24)23(27)19-5-8-21(25)9-6-19/h3-6,8-9,15,20,25H,7,10-14H2,1-2H3. The number of nitrogens with zero attached hydrogens (tertiary/aromatic N) is 1. The van der Waals surface area contributed by atoms with Crippen molar-refractivity contribution in [3.63, 3.8) is 0 Å². The Kier molecular flexibility index (Phi) is 5.94. The molecule has 0 radical (unpaired) electrons. The molecule has 1 N–H and O–H groups in total. The van der Waals surface area contributed by atoms with E-state index in [0.29, 0.717) is 37.9 Å². The van der Waals surface area contributed by atoms with Crippen LogP contribution in [0.1, 0.15) is 46.3 Å². The van der Waals surface area contributed by atoms with Crippen molar-refractivity contribution < 1.29 is 14.7 Å². The van der Waals surface area contributed by atoms with Gasteiger partial charge in [0.05, 0.1) is 0 Å². The lowest BCUT2D eigenvalue weighted by Gasteiger charge is -2.31. The van der Waals surface area contributed by atoms with Gasteiger partial charge in [-0.2, -0.15) is 0 Å². The van der Waals surface area contributed by atoms with E-state index in [1.54, 1.807) is 24.3 Å². The van der Waals surface area contributed by atoms with Gasteiger partial charge in [-0.25, -0.2) is 0 Å². The molecule has 1 amide bonds. The number of aryl methyl sites for hydroxylation is 3. The Morgan fingerprint density at radius 3 is 2.33 bits per heavy atom. The molecule has 0 atom stereocenters. The number of rotatable bonds is 5. The van der Waals surface area contributed by atoms with Crippen LogP contribution in [0.3, 0.4) is 0 Å². The Labute approximate surface area is 160 Å². The van der Waals surface area contributed by atoms with Crippen LogP contribution in [0.2, 0.25) is 0 Å². The van der Waals surface area contributed by atoms with Gasteiger partial charge < -0.3 is 10.0 Å². The predicted octanol–water partition coefficient (Wildman–Crippen LogP) is 4.06. The average Bonchev–Trinajstić information content (AvgIpc) is 2.67. The minimum Gasteiger partial charge on any atom is -0.508 e. The minimum absolute atomic E-state index is 0.0436. The number of ketones is 1. The fourth-order valence-electron chi connectivity index (χ4n) is 3.78. The van der Waals surface area contributed by atoms with Gasteiger partial charge in [0, 0.05) is 31.0 Å². The van der Waals surface area contributed by atoms with Crippen molar-refractivity contribution >= 4 is 11.7 Å². The normalized spacial score (nSPS) is 15.0. The molecule has 0 bridgehead atoms. The van der Waals surface area contributed by atoms with Crippen LogP contribution >= 0.6 is 0 Å². The summed E-state index contributed by atoms with van der Waals surface area (Å²) in [6.45, 7) is 5.44. The zero-order chi connectivity index (χ0) is 19.4. The van der Waals surface area contributed by atoms with E-state index in [4.69, 9.17) is 0 Å². The third kappa shape index (κ3) is 4.76. The van der Waals surface area contributed by atoms with Crippen molar-refractivity contribution in [1.29, 1.82) is 0 Å². The maximum absolute atomic E-state index is 12.6. The van der Waals surface area contributed by atoms with Gasteiger partial charge in [-0.1, -0.05) is 23.8 Å². The van der Waals surface area contributed by atoms with Gasteiger partial charge >= 0.3 is 0 Å². The molecule has 1 saturated heterocycles. The number of amides is 1. The largest absolute Gasteiger partial charge is 0.508 e. The molecule has 4 nitrogen and oxygen atoms in total. The number of phenols is 1. The number of aromatic hydroxyl groups is 1. The molecule has 0 unspecified atom stereocenters. The van der Waals surface area contributed by atoms with E-state index < -0.39 is 0 Å². The van der Waals surface area contributed by atoms with E-state index >= 15 is 0 Å². The predicted molar refractivity (Wildman–Crippen MR) is 106 cm³/mol. The van der Waals surface area contributed by atoms with Crippen LogP contribution in [0.4, 0.5) is 0 Å². The second-order valence-electron chi connectivity index (χ2n) is 7.50. The molecular formula is C23H27NO3. The maximum atomic E-state index is 12.6. The summed E-state index contributed by atoms with van der Waals surface area (Å²) < 4.78 is 0. The number of piperidine rings is 1. The molecule has 1 heterocycles. The molecule has 0 spiro atoms. The Balaban J connectivity index is 1.50. The van der Waals surface area contributed by atoms with Crippen LogP contribution < -0.4 is 0 Å².